The van der Waals surface area contributed by atoms with E-state index in [4.69, 9.17) is 21.9 Å². The van der Waals surface area contributed by atoms with Crippen LogP contribution in [0.2, 0.25) is 5.02 Å². The third-order valence-electron chi connectivity index (χ3n) is 3.21. The second kappa shape index (κ2) is 5.69. The van der Waals surface area contributed by atoms with Crippen LogP contribution < -0.4 is 5.73 Å². The van der Waals surface area contributed by atoms with Gasteiger partial charge in [0.25, 0.3) is 0 Å². The Morgan fingerprint density at radius 2 is 1.95 bits per heavy atom. The van der Waals surface area contributed by atoms with Gasteiger partial charge in [-0.2, -0.15) is 0 Å². The topological polar surface area (TPSA) is 52.0 Å². The van der Waals surface area contributed by atoms with Crippen LogP contribution in [0.3, 0.4) is 0 Å². The molecule has 1 heterocycles. The Labute approximate surface area is 141 Å². The first-order chi connectivity index (χ1) is 10.1. The summed E-state index contributed by atoms with van der Waals surface area (Å²) in [5, 5.41) is 4.59. The summed E-state index contributed by atoms with van der Waals surface area (Å²) in [6, 6.07) is 13.8. The maximum atomic E-state index is 6.19. The van der Waals surface area contributed by atoms with Crippen molar-refractivity contribution in [3.63, 3.8) is 0 Å². The molecule has 21 heavy (non-hydrogen) atoms. The fourth-order valence-electron chi connectivity index (χ4n) is 2.22. The van der Waals surface area contributed by atoms with Crippen LogP contribution in [-0.2, 0) is 0 Å². The predicted octanol–water partition coefficient (Wildman–Crippen LogP) is 5.16. The Morgan fingerprint density at radius 1 is 1.14 bits per heavy atom. The van der Waals surface area contributed by atoms with Gasteiger partial charge in [-0.3, -0.25) is 0 Å². The van der Waals surface area contributed by atoms with E-state index in [1.165, 1.54) is 0 Å². The van der Waals surface area contributed by atoms with E-state index in [9.17, 15) is 0 Å². The average molecular weight is 411 g/mol. The van der Waals surface area contributed by atoms with Gasteiger partial charge in [-0.1, -0.05) is 46.6 Å². The van der Waals surface area contributed by atoms with E-state index in [0.717, 1.165) is 25.8 Å². The molecular weight excluding hydrogens is 399 g/mol. The molecule has 0 radical (unpaired) electrons. The number of anilines is 1. The zero-order valence-corrected chi connectivity index (χ0v) is 14.1. The second-order valence-electron chi connectivity index (χ2n) is 4.77. The summed E-state index contributed by atoms with van der Waals surface area (Å²) in [6.45, 7) is 2.04. The smallest absolute Gasteiger partial charge is 0.176 e. The third kappa shape index (κ3) is 2.78. The van der Waals surface area contributed by atoms with Gasteiger partial charge < -0.3 is 10.3 Å². The van der Waals surface area contributed by atoms with E-state index in [-0.39, 0.29) is 0 Å². The van der Waals surface area contributed by atoms with Gasteiger partial charge in [-0.25, -0.2) is 0 Å². The molecule has 3 nitrogen and oxygen atoms in total. The lowest BCUT2D eigenvalue weighted by Gasteiger charge is -2.05. The first-order valence-corrected chi connectivity index (χ1v) is 7.79. The number of halogens is 2. The highest BCUT2D eigenvalue weighted by atomic mass is 127. The Hall–Kier alpha value is -1.53. The minimum atomic E-state index is 0.380. The molecule has 0 aliphatic carbocycles. The van der Waals surface area contributed by atoms with Crippen molar-refractivity contribution in [2.24, 2.45) is 0 Å². The Balaban J connectivity index is 2.19. The van der Waals surface area contributed by atoms with Gasteiger partial charge in [0.05, 0.1) is 10.6 Å². The van der Waals surface area contributed by atoms with E-state index in [0.29, 0.717) is 16.6 Å². The van der Waals surface area contributed by atoms with Crippen LogP contribution in [0.25, 0.3) is 22.5 Å². The van der Waals surface area contributed by atoms with Crippen LogP contribution in [0.15, 0.2) is 47.0 Å². The van der Waals surface area contributed by atoms with Crippen molar-refractivity contribution >= 4 is 40.0 Å². The molecule has 1 aromatic heterocycles. The molecule has 0 saturated carbocycles. The maximum Gasteiger partial charge on any atom is 0.176 e. The first-order valence-electron chi connectivity index (χ1n) is 6.34. The Morgan fingerprint density at radius 3 is 2.67 bits per heavy atom. The molecule has 106 valence electrons. The lowest BCUT2D eigenvalue weighted by atomic mass is 10.00. The lowest BCUT2D eigenvalue weighted by Crippen LogP contribution is -1.89. The molecule has 0 saturated heterocycles. The van der Waals surface area contributed by atoms with Crippen LogP contribution in [0, 0.1) is 10.5 Å². The van der Waals surface area contributed by atoms with Gasteiger partial charge >= 0.3 is 0 Å². The van der Waals surface area contributed by atoms with Gasteiger partial charge in [0.15, 0.2) is 11.6 Å². The van der Waals surface area contributed by atoms with Crippen LogP contribution >= 0.6 is 34.2 Å². The highest BCUT2D eigenvalue weighted by molar-refractivity contribution is 14.1. The molecule has 3 rings (SSSR count). The van der Waals surface area contributed by atoms with Crippen LogP contribution in [0.4, 0.5) is 5.82 Å². The first kappa shape index (κ1) is 14.4. The lowest BCUT2D eigenvalue weighted by molar-refractivity contribution is 0.436. The van der Waals surface area contributed by atoms with Crippen LogP contribution in [0.5, 0.6) is 0 Å². The van der Waals surface area contributed by atoms with Crippen molar-refractivity contribution in [2.45, 2.75) is 6.92 Å². The average Bonchev–Trinajstić information content (AvgIpc) is 2.84. The molecule has 3 aromatic rings. The second-order valence-corrected chi connectivity index (χ2v) is 6.34. The van der Waals surface area contributed by atoms with Gasteiger partial charge in [-0.15, -0.1) is 0 Å². The number of hydrogen-bond donors (Lipinski definition) is 1. The molecule has 0 aliphatic rings. The van der Waals surface area contributed by atoms with E-state index in [1.54, 1.807) is 0 Å². The Kier molecular flexibility index (Phi) is 3.91. The van der Waals surface area contributed by atoms with Crippen molar-refractivity contribution in [1.29, 1.82) is 0 Å². The van der Waals surface area contributed by atoms with Gasteiger partial charge in [-0.05, 0) is 53.3 Å². The van der Waals surface area contributed by atoms with E-state index >= 15 is 0 Å². The minimum absolute atomic E-state index is 0.380. The number of rotatable bonds is 2. The van der Waals surface area contributed by atoms with Gasteiger partial charge in [0.2, 0.25) is 0 Å². The maximum absolute atomic E-state index is 6.19. The quantitative estimate of drug-likeness (QED) is 0.594. The van der Waals surface area contributed by atoms with Crippen LogP contribution in [0.1, 0.15) is 5.56 Å². The van der Waals surface area contributed by atoms with E-state index in [1.807, 2.05) is 43.3 Å². The molecule has 0 aliphatic heterocycles. The fraction of sp³-hybridized carbons (Fsp3) is 0.0625. The third-order valence-corrected chi connectivity index (χ3v) is 4.78. The predicted molar refractivity (Wildman–Crippen MR) is 94.3 cm³/mol. The monoisotopic (exact) mass is 410 g/mol. The summed E-state index contributed by atoms with van der Waals surface area (Å²) in [5.41, 5.74) is 9.79. The fourth-order valence-corrected chi connectivity index (χ4v) is 2.73. The number of hydrogen-bond acceptors (Lipinski definition) is 3. The van der Waals surface area contributed by atoms with Gasteiger partial charge in [0.1, 0.15) is 0 Å². The largest absolute Gasteiger partial charge is 0.380 e. The summed E-state index contributed by atoms with van der Waals surface area (Å²) in [6.07, 6.45) is 0. The number of nitrogens with two attached hydrogens (primary N) is 1. The van der Waals surface area contributed by atoms with Crippen LogP contribution in [-0.4, -0.2) is 5.16 Å². The molecule has 0 unspecified atom stereocenters. The number of aryl methyl sites for hydroxylation is 1. The standard InChI is InChI=1S/C16H12ClIN2O/c1-9-3-2-4-10(7-9)14-15(21-20-16(14)19)11-5-6-13(18)12(17)8-11/h2-8H,1H3,(H2,19,20). The minimum Gasteiger partial charge on any atom is -0.380 e. The number of nitrogens with zero attached hydrogens (tertiary/aromatic N) is 1. The van der Waals surface area contributed by atoms with E-state index < -0.39 is 0 Å². The molecule has 2 N–H and O–H groups in total. The molecule has 0 bridgehead atoms. The van der Waals surface area contributed by atoms with Crippen molar-refractivity contribution in [3.8, 4) is 22.5 Å². The van der Waals surface area contributed by atoms with E-state index in [2.05, 4.69) is 33.8 Å². The zero-order chi connectivity index (χ0) is 15.0. The highest BCUT2D eigenvalue weighted by Gasteiger charge is 2.18. The zero-order valence-electron chi connectivity index (χ0n) is 11.2. The summed E-state index contributed by atoms with van der Waals surface area (Å²) in [4.78, 5) is 0. The molecule has 0 spiro atoms. The Bertz CT molecular complexity index is 814. The normalized spacial score (nSPS) is 10.8. The molecule has 0 atom stereocenters. The molecule has 0 fully saturated rings. The molecule has 0 amide bonds. The van der Waals surface area contributed by atoms with Crippen molar-refractivity contribution < 1.29 is 4.52 Å². The number of nitrogen functional groups attached to an aromatic ring is 1. The molecule has 5 heteroatoms. The highest BCUT2D eigenvalue weighted by Crippen LogP contribution is 2.38. The van der Waals surface area contributed by atoms with Crippen molar-refractivity contribution in [3.05, 3.63) is 56.6 Å². The molecular formula is C16H12ClIN2O. The summed E-state index contributed by atoms with van der Waals surface area (Å²) < 4.78 is 6.42. The number of aromatic nitrogens is 1. The SMILES string of the molecule is Cc1cccc(-c2c(N)noc2-c2ccc(I)c(Cl)c2)c1. The molecule has 2 aromatic carbocycles. The van der Waals surface area contributed by atoms with Gasteiger partial charge in [0, 0.05) is 9.13 Å². The van der Waals surface area contributed by atoms with Crippen molar-refractivity contribution in [2.75, 3.05) is 5.73 Å². The summed E-state index contributed by atoms with van der Waals surface area (Å²) in [5.74, 6) is 1.02. The number of benzene rings is 2. The summed E-state index contributed by atoms with van der Waals surface area (Å²) in [7, 11) is 0. The van der Waals surface area contributed by atoms with Crippen molar-refractivity contribution in [1.82, 2.24) is 5.16 Å². The summed E-state index contributed by atoms with van der Waals surface area (Å²) >= 11 is 8.38.